The molecule has 0 aliphatic heterocycles. The summed E-state index contributed by atoms with van der Waals surface area (Å²) in [5, 5.41) is 18.2. The maximum atomic E-state index is 9.10. The fraction of sp³-hybridized carbons (Fsp3) is 0.182. The SMILES string of the molecule is OCCc1ccc([S+](c2cc[c]cc2)c2ccc(CCO)cc2)cc1. The van der Waals surface area contributed by atoms with Gasteiger partial charge in [-0.05, 0) is 78.6 Å². The minimum absolute atomic E-state index is 0.173. The smallest absolute Gasteiger partial charge is 0.166 e. The number of hydrogen-bond donors (Lipinski definition) is 2. The standard InChI is InChI=1S/C22H22O2S/c23-16-14-18-6-10-21(11-7-18)25(20-4-2-1-3-5-20)22-12-8-19(9-13-22)15-17-24/h2-13,23-24H,14-17H2/q+1. The maximum Gasteiger partial charge on any atom is 0.166 e. The summed E-state index contributed by atoms with van der Waals surface area (Å²) in [6.45, 7) is 0.345. The quantitative estimate of drug-likeness (QED) is 0.639. The summed E-state index contributed by atoms with van der Waals surface area (Å²) in [4.78, 5) is 3.76. The fourth-order valence-corrected chi connectivity index (χ4v) is 4.80. The van der Waals surface area contributed by atoms with Crippen LogP contribution >= 0.6 is 0 Å². The van der Waals surface area contributed by atoms with Gasteiger partial charge in [0.2, 0.25) is 0 Å². The summed E-state index contributed by atoms with van der Waals surface area (Å²) in [5.41, 5.74) is 2.30. The molecule has 1 radical (unpaired) electrons. The van der Waals surface area contributed by atoms with E-state index in [1.54, 1.807) is 0 Å². The monoisotopic (exact) mass is 350 g/mol. The van der Waals surface area contributed by atoms with Gasteiger partial charge in [-0.2, -0.15) is 0 Å². The summed E-state index contributed by atoms with van der Waals surface area (Å²) >= 11 is 0. The number of benzene rings is 3. The fourth-order valence-electron chi connectivity index (χ4n) is 2.76. The van der Waals surface area contributed by atoms with Crippen LogP contribution in [0.1, 0.15) is 11.1 Å². The number of aliphatic hydroxyl groups is 2. The topological polar surface area (TPSA) is 40.5 Å². The summed E-state index contributed by atoms with van der Waals surface area (Å²) in [6, 6.07) is 28.3. The highest BCUT2D eigenvalue weighted by molar-refractivity contribution is 7.97. The van der Waals surface area contributed by atoms with Crippen molar-refractivity contribution < 1.29 is 10.2 Å². The van der Waals surface area contributed by atoms with Crippen LogP contribution in [-0.4, -0.2) is 23.4 Å². The number of rotatable bonds is 7. The van der Waals surface area contributed by atoms with Crippen LogP contribution in [0.15, 0.2) is 87.5 Å². The minimum Gasteiger partial charge on any atom is -0.396 e. The average molecular weight is 350 g/mol. The van der Waals surface area contributed by atoms with Gasteiger partial charge in [-0.1, -0.05) is 24.3 Å². The largest absolute Gasteiger partial charge is 0.396 e. The molecule has 0 amide bonds. The predicted octanol–water partition coefficient (Wildman–Crippen LogP) is 3.65. The van der Waals surface area contributed by atoms with E-state index in [9.17, 15) is 0 Å². The van der Waals surface area contributed by atoms with Gasteiger partial charge in [0.25, 0.3) is 0 Å². The van der Waals surface area contributed by atoms with Crippen molar-refractivity contribution in [1.29, 1.82) is 0 Å². The molecule has 0 fully saturated rings. The van der Waals surface area contributed by atoms with Crippen molar-refractivity contribution in [1.82, 2.24) is 0 Å². The first kappa shape index (κ1) is 17.7. The van der Waals surface area contributed by atoms with E-state index in [-0.39, 0.29) is 24.1 Å². The minimum atomic E-state index is -0.184. The van der Waals surface area contributed by atoms with E-state index >= 15 is 0 Å². The van der Waals surface area contributed by atoms with Gasteiger partial charge < -0.3 is 10.2 Å². The van der Waals surface area contributed by atoms with Crippen LogP contribution < -0.4 is 0 Å². The zero-order valence-corrected chi connectivity index (χ0v) is 14.9. The lowest BCUT2D eigenvalue weighted by molar-refractivity contribution is 0.299. The Balaban J connectivity index is 1.98. The Morgan fingerprint density at radius 3 is 1.40 bits per heavy atom. The molecular formula is C22H22O2S+. The van der Waals surface area contributed by atoms with E-state index in [0.29, 0.717) is 12.8 Å². The van der Waals surface area contributed by atoms with E-state index in [1.807, 2.05) is 12.1 Å². The molecule has 0 bridgehead atoms. The van der Waals surface area contributed by atoms with E-state index < -0.39 is 0 Å². The van der Waals surface area contributed by atoms with Gasteiger partial charge in [0, 0.05) is 13.2 Å². The summed E-state index contributed by atoms with van der Waals surface area (Å²) in [6.07, 6.45) is 1.37. The van der Waals surface area contributed by atoms with E-state index in [0.717, 1.165) is 11.1 Å². The third-order valence-electron chi connectivity index (χ3n) is 4.04. The van der Waals surface area contributed by atoms with Crippen molar-refractivity contribution in [3.05, 3.63) is 90.0 Å². The lowest BCUT2D eigenvalue weighted by Crippen LogP contribution is -2.05. The molecule has 0 unspecified atom stereocenters. The second-order valence-corrected chi connectivity index (χ2v) is 7.80. The van der Waals surface area contributed by atoms with Gasteiger partial charge in [0.1, 0.15) is 0 Å². The highest BCUT2D eigenvalue weighted by atomic mass is 32.2. The second kappa shape index (κ2) is 8.86. The van der Waals surface area contributed by atoms with Crippen molar-refractivity contribution in [3.63, 3.8) is 0 Å². The van der Waals surface area contributed by atoms with Crippen molar-refractivity contribution in [2.75, 3.05) is 13.2 Å². The van der Waals surface area contributed by atoms with E-state index in [2.05, 4.69) is 66.7 Å². The van der Waals surface area contributed by atoms with Crippen LogP contribution in [-0.2, 0) is 23.7 Å². The molecule has 0 saturated heterocycles. The molecule has 3 aromatic rings. The number of hydrogen-bond acceptors (Lipinski definition) is 2. The second-order valence-electron chi connectivity index (χ2n) is 5.78. The summed E-state index contributed by atoms with van der Waals surface area (Å²) in [7, 11) is -0.184. The molecule has 0 aromatic heterocycles. The third-order valence-corrected chi connectivity index (χ3v) is 6.27. The molecule has 2 N–H and O–H groups in total. The lowest BCUT2D eigenvalue weighted by atomic mass is 10.2. The molecule has 0 atom stereocenters. The highest BCUT2D eigenvalue weighted by Crippen LogP contribution is 2.31. The van der Waals surface area contributed by atoms with E-state index in [1.165, 1.54) is 14.7 Å². The van der Waals surface area contributed by atoms with E-state index in [4.69, 9.17) is 10.2 Å². The summed E-state index contributed by atoms with van der Waals surface area (Å²) < 4.78 is 0. The third kappa shape index (κ3) is 4.51. The molecule has 127 valence electrons. The summed E-state index contributed by atoms with van der Waals surface area (Å²) in [5.74, 6) is 0. The zero-order valence-electron chi connectivity index (χ0n) is 14.1. The first-order valence-electron chi connectivity index (χ1n) is 8.42. The van der Waals surface area contributed by atoms with Gasteiger partial charge in [-0.15, -0.1) is 0 Å². The van der Waals surface area contributed by atoms with Gasteiger partial charge in [0.15, 0.2) is 14.7 Å². The molecule has 2 nitrogen and oxygen atoms in total. The average Bonchev–Trinajstić information content (AvgIpc) is 2.66. The van der Waals surface area contributed by atoms with Gasteiger partial charge in [-0.25, -0.2) is 0 Å². The van der Waals surface area contributed by atoms with Crippen LogP contribution in [0.5, 0.6) is 0 Å². The predicted molar refractivity (Wildman–Crippen MR) is 102 cm³/mol. The van der Waals surface area contributed by atoms with Crippen molar-refractivity contribution >= 4 is 10.9 Å². The van der Waals surface area contributed by atoms with Crippen LogP contribution in [0.25, 0.3) is 0 Å². The molecule has 0 saturated carbocycles. The van der Waals surface area contributed by atoms with Gasteiger partial charge in [-0.3, -0.25) is 0 Å². The highest BCUT2D eigenvalue weighted by Gasteiger charge is 2.28. The van der Waals surface area contributed by atoms with Crippen LogP contribution in [0.4, 0.5) is 0 Å². The molecule has 0 aliphatic rings. The Bertz CT molecular complexity index is 718. The maximum absolute atomic E-state index is 9.10. The Morgan fingerprint density at radius 2 is 1.00 bits per heavy atom. The molecule has 3 rings (SSSR count). The Labute approximate surface area is 152 Å². The van der Waals surface area contributed by atoms with Crippen LogP contribution in [0.2, 0.25) is 0 Å². The first-order valence-corrected chi connectivity index (χ1v) is 9.64. The Hall–Kier alpha value is -2.07. The van der Waals surface area contributed by atoms with Crippen molar-refractivity contribution in [2.45, 2.75) is 27.5 Å². The molecule has 25 heavy (non-hydrogen) atoms. The molecule has 3 heteroatoms. The van der Waals surface area contributed by atoms with Gasteiger partial charge >= 0.3 is 0 Å². The Morgan fingerprint density at radius 1 is 0.600 bits per heavy atom. The van der Waals surface area contributed by atoms with Crippen LogP contribution in [0, 0.1) is 6.07 Å². The van der Waals surface area contributed by atoms with Crippen molar-refractivity contribution in [3.8, 4) is 0 Å². The number of aliphatic hydroxyl groups excluding tert-OH is 2. The normalized spacial score (nSPS) is 11.0. The molecular weight excluding hydrogens is 328 g/mol. The van der Waals surface area contributed by atoms with Crippen LogP contribution in [0.3, 0.4) is 0 Å². The molecule has 0 spiro atoms. The van der Waals surface area contributed by atoms with Gasteiger partial charge in [0.05, 0.1) is 10.9 Å². The lowest BCUT2D eigenvalue weighted by Gasteiger charge is -2.09. The Kier molecular flexibility index (Phi) is 6.29. The zero-order chi connectivity index (χ0) is 17.5. The molecule has 0 aliphatic carbocycles. The first-order chi connectivity index (χ1) is 12.3. The van der Waals surface area contributed by atoms with Crippen molar-refractivity contribution in [2.24, 2.45) is 0 Å². The molecule has 0 heterocycles. The molecule has 3 aromatic carbocycles.